The summed E-state index contributed by atoms with van der Waals surface area (Å²) in [5, 5.41) is 5.08. The van der Waals surface area contributed by atoms with Crippen LogP contribution in [0.1, 0.15) is 12.5 Å². The van der Waals surface area contributed by atoms with E-state index in [1.807, 2.05) is 0 Å². The Hall–Kier alpha value is -3.12. The molecule has 134 valence electrons. The van der Waals surface area contributed by atoms with Crippen LogP contribution in [0, 0.1) is 0 Å². The molecule has 3 amide bonds. The second-order valence-corrected chi connectivity index (χ2v) is 5.65. The lowest BCUT2D eigenvalue weighted by Gasteiger charge is -2.12. The zero-order valence-corrected chi connectivity index (χ0v) is 14.7. The molecule has 6 nitrogen and oxygen atoms in total. The van der Waals surface area contributed by atoms with E-state index >= 15 is 0 Å². The molecule has 2 aromatic rings. The number of carbonyl (C=O) groups is 3. The predicted octanol–water partition coefficient (Wildman–Crippen LogP) is 3.63. The van der Waals surface area contributed by atoms with Gasteiger partial charge in [-0.1, -0.05) is 48.0 Å². The molecule has 0 spiro atoms. The standard InChI is InChI=1S/C19H17ClN2O4/c1-13(18(24)22-19(25)21-15-8-3-2-4-9-15)26-17(23)12-11-14-7-5-6-10-16(14)20/h2-13H,1H3,(H2,21,22,24,25)/b12-11+. The van der Waals surface area contributed by atoms with Gasteiger partial charge < -0.3 is 10.1 Å². The number of hydrogen-bond donors (Lipinski definition) is 2. The third-order valence-electron chi connectivity index (χ3n) is 3.23. The minimum Gasteiger partial charge on any atom is -0.449 e. The van der Waals surface area contributed by atoms with E-state index in [9.17, 15) is 14.4 Å². The quantitative estimate of drug-likeness (QED) is 0.620. The molecule has 26 heavy (non-hydrogen) atoms. The summed E-state index contributed by atoms with van der Waals surface area (Å²) < 4.78 is 4.96. The molecule has 0 fully saturated rings. The van der Waals surface area contributed by atoms with Crippen LogP contribution < -0.4 is 10.6 Å². The van der Waals surface area contributed by atoms with Crippen LogP contribution in [-0.4, -0.2) is 24.0 Å². The second-order valence-electron chi connectivity index (χ2n) is 5.24. The number of hydrogen-bond acceptors (Lipinski definition) is 4. The molecule has 2 aromatic carbocycles. The van der Waals surface area contributed by atoms with Crippen LogP contribution in [0.25, 0.3) is 6.08 Å². The Bertz CT molecular complexity index is 821. The minimum absolute atomic E-state index is 0.486. The van der Waals surface area contributed by atoms with Gasteiger partial charge in [0, 0.05) is 16.8 Å². The lowest BCUT2D eigenvalue weighted by molar-refractivity contribution is -0.149. The van der Waals surface area contributed by atoms with Crippen LogP contribution in [0.2, 0.25) is 5.02 Å². The van der Waals surface area contributed by atoms with Gasteiger partial charge in [0.05, 0.1) is 0 Å². The molecular formula is C19H17ClN2O4. The predicted molar refractivity (Wildman–Crippen MR) is 99.6 cm³/mol. The van der Waals surface area contributed by atoms with Gasteiger partial charge in [0.1, 0.15) is 0 Å². The zero-order valence-electron chi connectivity index (χ0n) is 13.9. The fraction of sp³-hybridized carbons (Fsp3) is 0.105. The number of benzene rings is 2. The Morgan fingerprint density at radius 2 is 1.69 bits per heavy atom. The van der Waals surface area contributed by atoms with Crippen molar-refractivity contribution in [2.75, 3.05) is 5.32 Å². The van der Waals surface area contributed by atoms with Crippen LogP contribution in [0.4, 0.5) is 10.5 Å². The monoisotopic (exact) mass is 372 g/mol. The molecule has 0 saturated heterocycles. The molecule has 1 atom stereocenters. The topological polar surface area (TPSA) is 84.5 Å². The number of nitrogens with one attached hydrogen (secondary N) is 2. The highest BCUT2D eigenvalue weighted by Crippen LogP contribution is 2.16. The number of esters is 1. The summed E-state index contributed by atoms with van der Waals surface area (Å²) in [5.41, 5.74) is 1.18. The lowest BCUT2D eigenvalue weighted by Crippen LogP contribution is -2.41. The van der Waals surface area contributed by atoms with Gasteiger partial charge >= 0.3 is 12.0 Å². The molecule has 2 rings (SSSR count). The maximum Gasteiger partial charge on any atom is 0.331 e. The molecule has 0 aliphatic carbocycles. The van der Waals surface area contributed by atoms with Gasteiger partial charge in [0.2, 0.25) is 0 Å². The third kappa shape index (κ3) is 6.07. The molecule has 0 bridgehead atoms. The summed E-state index contributed by atoms with van der Waals surface area (Å²) in [7, 11) is 0. The summed E-state index contributed by atoms with van der Waals surface area (Å²) in [6, 6.07) is 14.9. The first-order valence-corrected chi connectivity index (χ1v) is 8.13. The first-order valence-electron chi connectivity index (χ1n) is 7.76. The van der Waals surface area contributed by atoms with E-state index < -0.39 is 24.0 Å². The van der Waals surface area contributed by atoms with Crippen molar-refractivity contribution in [1.29, 1.82) is 0 Å². The van der Waals surface area contributed by atoms with Crippen molar-refractivity contribution in [3.05, 3.63) is 71.3 Å². The highest BCUT2D eigenvalue weighted by molar-refractivity contribution is 6.32. The van der Waals surface area contributed by atoms with Crippen LogP contribution >= 0.6 is 11.6 Å². The number of halogens is 1. The van der Waals surface area contributed by atoms with Gasteiger partial charge in [-0.05, 0) is 36.8 Å². The van der Waals surface area contributed by atoms with Gasteiger partial charge in [-0.3, -0.25) is 10.1 Å². The molecule has 0 heterocycles. The molecule has 2 N–H and O–H groups in total. The number of rotatable bonds is 5. The van der Waals surface area contributed by atoms with Gasteiger partial charge in [0.15, 0.2) is 6.10 Å². The van der Waals surface area contributed by atoms with Crippen molar-refractivity contribution in [3.8, 4) is 0 Å². The van der Waals surface area contributed by atoms with Crippen molar-refractivity contribution in [3.63, 3.8) is 0 Å². The molecule has 1 unspecified atom stereocenters. The van der Waals surface area contributed by atoms with E-state index in [0.29, 0.717) is 16.3 Å². The molecule has 7 heteroatoms. The summed E-state index contributed by atoms with van der Waals surface area (Å²) in [4.78, 5) is 35.4. The molecular weight excluding hydrogens is 356 g/mol. The van der Waals surface area contributed by atoms with E-state index in [0.717, 1.165) is 6.08 Å². The van der Waals surface area contributed by atoms with E-state index in [-0.39, 0.29) is 0 Å². The Morgan fingerprint density at radius 3 is 2.38 bits per heavy atom. The second kappa shape index (κ2) is 9.39. The molecule has 0 aromatic heterocycles. The fourth-order valence-corrected chi connectivity index (χ4v) is 2.13. The smallest absolute Gasteiger partial charge is 0.331 e. The number of ether oxygens (including phenoxy) is 1. The highest BCUT2D eigenvalue weighted by Gasteiger charge is 2.19. The molecule has 0 radical (unpaired) electrons. The van der Waals surface area contributed by atoms with Crippen molar-refractivity contribution in [2.24, 2.45) is 0 Å². The van der Waals surface area contributed by atoms with Crippen molar-refractivity contribution >= 4 is 41.3 Å². The average Bonchev–Trinajstić information content (AvgIpc) is 2.61. The zero-order chi connectivity index (χ0) is 18.9. The minimum atomic E-state index is -1.14. The summed E-state index contributed by atoms with van der Waals surface area (Å²) in [6.07, 6.45) is 1.51. The van der Waals surface area contributed by atoms with Crippen LogP contribution in [0.5, 0.6) is 0 Å². The van der Waals surface area contributed by atoms with Crippen LogP contribution in [-0.2, 0) is 14.3 Å². The number of anilines is 1. The average molecular weight is 373 g/mol. The Labute approximate surface area is 155 Å². The normalized spacial score (nSPS) is 11.6. The Balaban J connectivity index is 1.83. The molecule has 0 aliphatic rings. The summed E-state index contributed by atoms with van der Waals surface area (Å²) in [5.74, 6) is -1.46. The van der Waals surface area contributed by atoms with Crippen molar-refractivity contribution in [2.45, 2.75) is 13.0 Å². The molecule has 0 saturated carbocycles. The van der Waals surface area contributed by atoms with E-state index in [2.05, 4.69) is 10.6 Å². The van der Waals surface area contributed by atoms with E-state index in [4.69, 9.17) is 16.3 Å². The Morgan fingerprint density at radius 1 is 1.04 bits per heavy atom. The Kier molecular flexibility index (Phi) is 6.93. The van der Waals surface area contributed by atoms with Crippen molar-refractivity contribution < 1.29 is 19.1 Å². The molecule has 0 aliphatic heterocycles. The SMILES string of the molecule is CC(OC(=O)/C=C/c1ccccc1Cl)C(=O)NC(=O)Nc1ccccc1. The van der Waals surface area contributed by atoms with E-state index in [1.54, 1.807) is 54.6 Å². The third-order valence-corrected chi connectivity index (χ3v) is 3.58. The number of carbonyl (C=O) groups excluding carboxylic acids is 3. The number of para-hydroxylation sites is 1. The largest absolute Gasteiger partial charge is 0.449 e. The van der Waals surface area contributed by atoms with Gasteiger partial charge in [-0.15, -0.1) is 0 Å². The van der Waals surface area contributed by atoms with Gasteiger partial charge in [0.25, 0.3) is 5.91 Å². The first kappa shape index (κ1) is 19.2. The maximum atomic E-state index is 11.9. The number of urea groups is 1. The number of imide groups is 1. The maximum absolute atomic E-state index is 11.9. The van der Waals surface area contributed by atoms with Crippen LogP contribution in [0.15, 0.2) is 60.7 Å². The number of amides is 3. The summed E-state index contributed by atoms with van der Waals surface area (Å²) >= 11 is 5.98. The highest BCUT2D eigenvalue weighted by atomic mass is 35.5. The lowest BCUT2D eigenvalue weighted by atomic mass is 10.2. The van der Waals surface area contributed by atoms with Crippen molar-refractivity contribution in [1.82, 2.24) is 5.32 Å². The summed E-state index contributed by atoms with van der Waals surface area (Å²) in [6.45, 7) is 1.37. The van der Waals surface area contributed by atoms with E-state index in [1.165, 1.54) is 13.0 Å². The fourth-order valence-electron chi connectivity index (χ4n) is 1.93. The van der Waals surface area contributed by atoms with Gasteiger partial charge in [-0.25, -0.2) is 9.59 Å². The van der Waals surface area contributed by atoms with Gasteiger partial charge in [-0.2, -0.15) is 0 Å². The van der Waals surface area contributed by atoms with Crippen LogP contribution in [0.3, 0.4) is 0 Å². The first-order chi connectivity index (χ1) is 12.5.